The van der Waals surface area contributed by atoms with Crippen molar-refractivity contribution in [3.05, 3.63) is 32.4 Å². The van der Waals surface area contributed by atoms with Crippen LogP contribution in [0.5, 0.6) is 0 Å². The van der Waals surface area contributed by atoms with Crippen LogP contribution in [0.15, 0.2) is 21.0 Å². The monoisotopic (exact) mass is 308 g/mol. The summed E-state index contributed by atoms with van der Waals surface area (Å²) in [6, 6.07) is 2.90. The number of furan rings is 1. The van der Waals surface area contributed by atoms with E-state index in [-0.39, 0.29) is 11.3 Å². The number of carbonyl (C=O) groups is 1. The molecule has 3 nitrogen and oxygen atoms in total. The second-order valence-corrected chi connectivity index (χ2v) is 4.45. The van der Waals surface area contributed by atoms with Gasteiger partial charge in [-0.1, -0.05) is 23.2 Å². The molecule has 0 saturated heterocycles. The van der Waals surface area contributed by atoms with Crippen LogP contribution in [-0.2, 0) is 0 Å². The van der Waals surface area contributed by atoms with Crippen LogP contribution in [0.25, 0.3) is 11.0 Å². The molecule has 1 heterocycles. The average Bonchev–Trinajstić information content (AvgIpc) is 2.59. The first kappa shape index (κ1) is 10.8. The van der Waals surface area contributed by atoms with E-state index >= 15 is 0 Å². The summed E-state index contributed by atoms with van der Waals surface area (Å²) < 4.78 is 5.66. The molecule has 0 saturated carbocycles. The molecular formula is C9H3BrCl2O3. The first-order chi connectivity index (χ1) is 7.00. The van der Waals surface area contributed by atoms with Gasteiger partial charge in [0.25, 0.3) is 0 Å². The normalized spacial score (nSPS) is 10.9. The van der Waals surface area contributed by atoms with Gasteiger partial charge in [0.15, 0.2) is 5.58 Å². The summed E-state index contributed by atoms with van der Waals surface area (Å²) in [6.45, 7) is 0. The molecule has 2 rings (SSSR count). The number of fused-ring (bicyclic) bond motifs is 1. The molecule has 1 aromatic heterocycles. The van der Waals surface area contributed by atoms with Crippen molar-refractivity contribution in [2.75, 3.05) is 0 Å². The Labute approximate surface area is 103 Å². The third kappa shape index (κ3) is 1.73. The molecule has 0 aliphatic heterocycles. The quantitative estimate of drug-likeness (QED) is 0.803. The van der Waals surface area contributed by atoms with Crippen LogP contribution in [0.2, 0.25) is 10.0 Å². The standard InChI is InChI=1S/C9H3BrCl2O3/c10-4-2-5(11)8-3(7(4)12)1-6(15-8)9(13)14/h1-2H,(H,13,14). The Balaban J connectivity index is 2.85. The number of rotatable bonds is 1. The highest BCUT2D eigenvalue weighted by Crippen LogP contribution is 2.37. The van der Waals surface area contributed by atoms with Gasteiger partial charge >= 0.3 is 5.97 Å². The number of carboxylic acid groups (broad SMARTS) is 1. The van der Waals surface area contributed by atoms with Crippen LogP contribution < -0.4 is 0 Å². The van der Waals surface area contributed by atoms with Crippen molar-refractivity contribution in [2.45, 2.75) is 0 Å². The zero-order chi connectivity index (χ0) is 11.2. The maximum Gasteiger partial charge on any atom is 0.371 e. The Morgan fingerprint density at radius 3 is 2.67 bits per heavy atom. The van der Waals surface area contributed by atoms with Crippen molar-refractivity contribution in [3.8, 4) is 0 Å². The van der Waals surface area contributed by atoms with E-state index in [9.17, 15) is 4.79 Å². The van der Waals surface area contributed by atoms with Crippen molar-refractivity contribution in [2.24, 2.45) is 0 Å². The molecule has 0 amide bonds. The van der Waals surface area contributed by atoms with Gasteiger partial charge in [-0.15, -0.1) is 0 Å². The Hall–Kier alpha value is -0.710. The van der Waals surface area contributed by atoms with Crippen molar-refractivity contribution >= 4 is 56.1 Å². The van der Waals surface area contributed by atoms with Crippen molar-refractivity contribution < 1.29 is 14.3 Å². The molecule has 0 bridgehead atoms. The van der Waals surface area contributed by atoms with E-state index in [4.69, 9.17) is 32.7 Å². The molecule has 78 valence electrons. The Bertz CT molecular complexity index is 562. The maximum absolute atomic E-state index is 10.7. The molecule has 0 aliphatic carbocycles. The minimum Gasteiger partial charge on any atom is -0.475 e. The van der Waals surface area contributed by atoms with E-state index in [1.165, 1.54) is 6.07 Å². The minimum atomic E-state index is -1.16. The predicted octanol–water partition coefficient (Wildman–Crippen LogP) is 4.20. The summed E-state index contributed by atoms with van der Waals surface area (Å²) >= 11 is 15.0. The van der Waals surface area contributed by atoms with Gasteiger partial charge in [0.1, 0.15) is 0 Å². The SMILES string of the molecule is O=C(O)c1cc2c(Cl)c(Br)cc(Cl)c2o1. The van der Waals surface area contributed by atoms with E-state index < -0.39 is 5.97 Å². The lowest BCUT2D eigenvalue weighted by Crippen LogP contribution is -1.91. The predicted molar refractivity (Wildman–Crippen MR) is 60.9 cm³/mol. The lowest BCUT2D eigenvalue weighted by molar-refractivity contribution is 0.0665. The van der Waals surface area contributed by atoms with Gasteiger partial charge in [0.2, 0.25) is 5.76 Å². The Morgan fingerprint density at radius 1 is 1.40 bits per heavy atom. The second kappa shape index (κ2) is 3.70. The number of halogens is 3. The van der Waals surface area contributed by atoms with Gasteiger partial charge < -0.3 is 9.52 Å². The van der Waals surface area contributed by atoms with E-state index in [1.807, 2.05) is 0 Å². The number of carboxylic acids is 1. The minimum absolute atomic E-state index is 0.188. The molecule has 0 spiro atoms. The largest absolute Gasteiger partial charge is 0.475 e. The number of hydrogen-bond donors (Lipinski definition) is 1. The highest BCUT2D eigenvalue weighted by atomic mass is 79.9. The molecule has 0 atom stereocenters. The fourth-order valence-electron chi connectivity index (χ4n) is 1.21. The molecular weight excluding hydrogens is 307 g/mol. The van der Waals surface area contributed by atoms with Crippen LogP contribution in [0.4, 0.5) is 0 Å². The molecule has 2 aromatic rings. The number of aromatic carboxylic acids is 1. The first-order valence-electron chi connectivity index (χ1n) is 3.81. The zero-order valence-electron chi connectivity index (χ0n) is 7.05. The lowest BCUT2D eigenvalue weighted by atomic mass is 10.2. The average molecular weight is 310 g/mol. The smallest absolute Gasteiger partial charge is 0.371 e. The summed E-state index contributed by atoms with van der Waals surface area (Å²) in [5, 5.41) is 9.92. The fourth-order valence-corrected chi connectivity index (χ4v) is 2.22. The Morgan fingerprint density at radius 2 is 2.07 bits per heavy atom. The summed E-state index contributed by atoms with van der Waals surface area (Å²) in [7, 11) is 0. The molecule has 0 fully saturated rings. The summed E-state index contributed by atoms with van der Waals surface area (Å²) in [6.07, 6.45) is 0. The molecule has 0 unspecified atom stereocenters. The van der Waals surface area contributed by atoms with Crippen molar-refractivity contribution in [1.29, 1.82) is 0 Å². The highest BCUT2D eigenvalue weighted by Gasteiger charge is 2.16. The van der Waals surface area contributed by atoms with E-state index in [0.717, 1.165) is 0 Å². The maximum atomic E-state index is 10.7. The third-order valence-corrected chi connectivity index (χ3v) is 3.40. The van der Waals surface area contributed by atoms with Crippen molar-refractivity contribution in [1.82, 2.24) is 0 Å². The van der Waals surface area contributed by atoms with E-state index in [1.54, 1.807) is 6.07 Å². The van der Waals surface area contributed by atoms with Crippen LogP contribution in [0.3, 0.4) is 0 Å². The number of hydrogen-bond acceptors (Lipinski definition) is 2. The molecule has 0 radical (unpaired) electrons. The van der Waals surface area contributed by atoms with Crippen LogP contribution in [0.1, 0.15) is 10.6 Å². The van der Waals surface area contributed by atoms with Gasteiger partial charge in [-0.3, -0.25) is 0 Å². The van der Waals surface area contributed by atoms with Gasteiger partial charge in [-0.05, 0) is 22.0 Å². The van der Waals surface area contributed by atoms with Gasteiger partial charge in [0.05, 0.1) is 10.0 Å². The summed E-state index contributed by atoms with van der Waals surface area (Å²) in [4.78, 5) is 10.7. The summed E-state index contributed by atoms with van der Waals surface area (Å²) in [5.74, 6) is -1.35. The van der Waals surface area contributed by atoms with Crippen LogP contribution in [0, 0.1) is 0 Å². The van der Waals surface area contributed by atoms with Crippen LogP contribution in [-0.4, -0.2) is 11.1 Å². The van der Waals surface area contributed by atoms with Crippen LogP contribution >= 0.6 is 39.1 Å². The number of benzene rings is 1. The van der Waals surface area contributed by atoms with E-state index in [0.29, 0.717) is 19.9 Å². The molecule has 1 aromatic carbocycles. The first-order valence-corrected chi connectivity index (χ1v) is 5.36. The summed E-state index contributed by atoms with van der Waals surface area (Å²) in [5.41, 5.74) is 0.280. The topological polar surface area (TPSA) is 50.4 Å². The molecule has 15 heavy (non-hydrogen) atoms. The highest BCUT2D eigenvalue weighted by molar-refractivity contribution is 9.10. The third-order valence-electron chi connectivity index (χ3n) is 1.86. The molecule has 1 N–H and O–H groups in total. The Kier molecular flexibility index (Phi) is 2.66. The van der Waals surface area contributed by atoms with Gasteiger partial charge in [-0.25, -0.2) is 4.79 Å². The fraction of sp³-hybridized carbons (Fsp3) is 0. The van der Waals surface area contributed by atoms with Crippen molar-refractivity contribution in [3.63, 3.8) is 0 Å². The lowest BCUT2D eigenvalue weighted by Gasteiger charge is -1.98. The van der Waals surface area contributed by atoms with Gasteiger partial charge in [0, 0.05) is 15.9 Å². The molecule has 6 heteroatoms. The zero-order valence-corrected chi connectivity index (χ0v) is 10.2. The molecule has 0 aliphatic rings. The van der Waals surface area contributed by atoms with Gasteiger partial charge in [-0.2, -0.15) is 0 Å². The van der Waals surface area contributed by atoms with E-state index in [2.05, 4.69) is 15.9 Å². The second-order valence-electron chi connectivity index (χ2n) is 2.81.